The Hall–Kier alpha value is -1.06. The zero-order valence-corrected chi connectivity index (χ0v) is 10.1. The van der Waals surface area contributed by atoms with Crippen molar-refractivity contribution in [2.24, 2.45) is 5.73 Å². The van der Waals surface area contributed by atoms with E-state index in [2.05, 4.69) is 30.9 Å². The van der Waals surface area contributed by atoms with E-state index in [0.29, 0.717) is 6.54 Å². The maximum Gasteiger partial charge on any atom is 0.123 e. The SMILES string of the molecule is CC(C)(CN)N1CCOc2ccccc2C1. The Labute approximate surface area is 97.2 Å². The number of rotatable bonds is 2. The van der Waals surface area contributed by atoms with Crippen molar-refractivity contribution < 1.29 is 4.74 Å². The van der Waals surface area contributed by atoms with Crippen LogP contribution in [0.5, 0.6) is 5.75 Å². The quantitative estimate of drug-likeness (QED) is 0.823. The molecule has 1 aromatic rings. The minimum atomic E-state index is 0.0286. The molecule has 0 atom stereocenters. The molecule has 0 aliphatic carbocycles. The van der Waals surface area contributed by atoms with Gasteiger partial charge in [0.1, 0.15) is 12.4 Å². The Balaban J connectivity index is 2.23. The summed E-state index contributed by atoms with van der Waals surface area (Å²) >= 11 is 0. The maximum absolute atomic E-state index is 5.83. The summed E-state index contributed by atoms with van der Waals surface area (Å²) in [6, 6.07) is 8.23. The third-order valence-corrected chi connectivity index (χ3v) is 3.31. The molecule has 0 unspecified atom stereocenters. The van der Waals surface area contributed by atoms with Crippen molar-refractivity contribution in [3.8, 4) is 5.75 Å². The highest BCUT2D eigenvalue weighted by molar-refractivity contribution is 5.34. The number of nitrogens with zero attached hydrogens (tertiary/aromatic N) is 1. The third-order valence-electron chi connectivity index (χ3n) is 3.31. The van der Waals surface area contributed by atoms with Crippen LogP contribution in [-0.4, -0.2) is 30.1 Å². The number of benzene rings is 1. The van der Waals surface area contributed by atoms with Gasteiger partial charge in [-0.15, -0.1) is 0 Å². The third kappa shape index (κ3) is 2.20. The first-order valence-corrected chi connectivity index (χ1v) is 5.79. The second-order valence-electron chi connectivity index (χ2n) is 4.89. The van der Waals surface area contributed by atoms with Crippen LogP contribution in [0.25, 0.3) is 0 Å². The summed E-state index contributed by atoms with van der Waals surface area (Å²) in [7, 11) is 0. The van der Waals surface area contributed by atoms with E-state index in [1.165, 1.54) is 5.56 Å². The Morgan fingerprint density at radius 2 is 2.12 bits per heavy atom. The number of nitrogens with two attached hydrogens (primary N) is 1. The molecule has 0 spiro atoms. The highest BCUT2D eigenvalue weighted by Gasteiger charge is 2.27. The van der Waals surface area contributed by atoms with E-state index < -0.39 is 0 Å². The number of para-hydroxylation sites is 1. The van der Waals surface area contributed by atoms with Gasteiger partial charge in [0, 0.05) is 30.7 Å². The predicted molar refractivity (Wildman–Crippen MR) is 65.5 cm³/mol. The fourth-order valence-corrected chi connectivity index (χ4v) is 1.97. The molecule has 0 amide bonds. The summed E-state index contributed by atoms with van der Waals surface area (Å²) in [5.41, 5.74) is 7.11. The first kappa shape index (κ1) is 11.4. The van der Waals surface area contributed by atoms with Crippen molar-refractivity contribution in [2.75, 3.05) is 19.7 Å². The van der Waals surface area contributed by atoms with Gasteiger partial charge in [0.25, 0.3) is 0 Å². The molecule has 3 heteroatoms. The van der Waals surface area contributed by atoms with Crippen molar-refractivity contribution in [3.63, 3.8) is 0 Å². The van der Waals surface area contributed by atoms with Gasteiger partial charge in [0.2, 0.25) is 0 Å². The van der Waals surface area contributed by atoms with Gasteiger partial charge in [-0.25, -0.2) is 0 Å². The lowest BCUT2D eigenvalue weighted by Gasteiger charge is -2.36. The molecule has 2 N–H and O–H groups in total. The lowest BCUT2D eigenvalue weighted by molar-refractivity contribution is 0.109. The standard InChI is InChI=1S/C13H20N2O/c1-13(2,10-14)15-7-8-16-12-6-4-3-5-11(12)9-15/h3-6H,7-10,14H2,1-2H3. The van der Waals surface area contributed by atoms with Gasteiger partial charge < -0.3 is 10.5 Å². The zero-order chi connectivity index (χ0) is 11.6. The molecule has 16 heavy (non-hydrogen) atoms. The second kappa shape index (κ2) is 4.44. The van der Waals surface area contributed by atoms with Gasteiger partial charge in [-0.2, -0.15) is 0 Å². The van der Waals surface area contributed by atoms with Crippen LogP contribution in [0.2, 0.25) is 0 Å². The largest absolute Gasteiger partial charge is 0.492 e. The monoisotopic (exact) mass is 220 g/mol. The van der Waals surface area contributed by atoms with Gasteiger partial charge in [-0.05, 0) is 19.9 Å². The molecule has 0 fully saturated rings. The van der Waals surface area contributed by atoms with Crippen LogP contribution < -0.4 is 10.5 Å². The van der Waals surface area contributed by atoms with Crippen LogP contribution in [0, 0.1) is 0 Å². The fraction of sp³-hybridized carbons (Fsp3) is 0.538. The topological polar surface area (TPSA) is 38.5 Å². The van der Waals surface area contributed by atoms with Gasteiger partial charge >= 0.3 is 0 Å². The summed E-state index contributed by atoms with van der Waals surface area (Å²) in [4.78, 5) is 2.39. The Morgan fingerprint density at radius 1 is 1.38 bits per heavy atom. The Morgan fingerprint density at radius 3 is 2.88 bits per heavy atom. The summed E-state index contributed by atoms with van der Waals surface area (Å²) in [5, 5.41) is 0. The van der Waals surface area contributed by atoms with E-state index in [-0.39, 0.29) is 5.54 Å². The van der Waals surface area contributed by atoms with Gasteiger partial charge in [0.05, 0.1) is 0 Å². The summed E-state index contributed by atoms with van der Waals surface area (Å²) in [5.74, 6) is 1.01. The van der Waals surface area contributed by atoms with Crippen molar-refractivity contribution in [1.82, 2.24) is 4.90 Å². The van der Waals surface area contributed by atoms with Crippen molar-refractivity contribution >= 4 is 0 Å². The number of hydrogen-bond donors (Lipinski definition) is 1. The van der Waals surface area contributed by atoms with Crippen LogP contribution in [0.15, 0.2) is 24.3 Å². The van der Waals surface area contributed by atoms with Crippen LogP contribution in [0.3, 0.4) is 0 Å². The first-order valence-electron chi connectivity index (χ1n) is 5.79. The maximum atomic E-state index is 5.83. The summed E-state index contributed by atoms with van der Waals surface area (Å²) in [6.45, 7) is 7.61. The van der Waals surface area contributed by atoms with Crippen LogP contribution in [0.4, 0.5) is 0 Å². The molecule has 3 nitrogen and oxygen atoms in total. The van der Waals surface area contributed by atoms with Crippen LogP contribution >= 0.6 is 0 Å². The van der Waals surface area contributed by atoms with E-state index in [0.717, 1.165) is 25.4 Å². The van der Waals surface area contributed by atoms with Crippen molar-refractivity contribution in [2.45, 2.75) is 25.9 Å². The molecule has 0 radical (unpaired) electrons. The molecule has 88 valence electrons. The van der Waals surface area contributed by atoms with E-state index in [4.69, 9.17) is 10.5 Å². The van der Waals surface area contributed by atoms with Gasteiger partial charge in [-0.1, -0.05) is 18.2 Å². The molecule has 0 bridgehead atoms. The van der Waals surface area contributed by atoms with Gasteiger partial charge in [-0.3, -0.25) is 4.90 Å². The van der Waals surface area contributed by atoms with E-state index in [1.807, 2.05) is 12.1 Å². The molecular formula is C13H20N2O. The average Bonchev–Trinajstić information content (AvgIpc) is 2.51. The Bertz CT molecular complexity index is 363. The molecule has 0 saturated heterocycles. The smallest absolute Gasteiger partial charge is 0.123 e. The van der Waals surface area contributed by atoms with E-state index in [9.17, 15) is 0 Å². The number of hydrogen-bond acceptors (Lipinski definition) is 3. The predicted octanol–water partition coefficient (Wildman–Crippen LogP) is 1.62. The van der Waals surface area contributed by atoms with E-state index in [1.54, 1.807) is 0 Å². The van der Waals surface area contributed by atoms with Crippen molar-refractivity contribution in [1.29, 1.82) is 0 Å². The fourth-order valence-electron chi connectivity index (χ4n) is 1.97. The number of fused-ring (bicyclic) bond motifs is 1. The lowest BCUT2D eigenvalue weighted by Crippen LogP contribution is -2.49. The molecule has 0 saturated carbocycles. The summed E-state index contributed by atoms with van der Waals surface area (Å²) < 4.78 is 5.74. The molecule has 1 aliphatic rings. The highest BCUT2D eigenvalue weighted by Crippen LogP contribution is 2.26. The highest BCUT2D eigenvalue weighted by atomic mass is 16.5. The molecule has 1 heterocycles. The van der Waals surface area contributed by atoms with Gasteiger partial charge in [0.15, 0.2) is 0 Å². The molecular weight excluding hydrogens is 200 g/mol. The van der Waals surface area contributed by atoms with E-state index >= 15 is 0 Å². The van der Waals surface area contributed by atoms with Crippen LogP contribution in [-0.2, 0) is 6.54 Å². The normalized spacial score (nSPS) is 17.4. The lowest BCUT2D eigenvalue weighted by atomic mass is 10.0. The zero-order valence-electron chi connectivity index (χ0n) is 10.1. The van der Waals surface area contributed by atoms with Crippen LogP contribution in [0.1, 0.15) is 19.4 Å². The first-order chi connectivity index (χ1) is 7.63. The average molecular weight is 220 g/mol. The second-order valence-corrected chi connectivity index (χ2v) is 4.89. The van der Waals surface area contributed by atoms with Crippen molar-refractivity contribution in [3.05, 3.63) is 29.8 Å². The molecule has 0 aromatic heterocycles. The minimum absolute atomic E-state index is 0.0286. The Kier molecular flexibility index (Phi) is 3.17. The molecule has 2 rings (SSSR count). The summed E-state index contributed by atoms with van der Waals surface area (Å²) in [6.07, 6.45) is 0. The molecule has 1 aromatic carbocycles. The minimum Gasteiger partial charge on any atom is -0.492 e. The molecule has 1 aliphatic heterocycles. The number of ether oxygens (including phenoxy) is 1.